The fourth-order valence-corrected chi connectivity index (χ4v) is 1.87. The van der Waals surface area contributed by atoms with Crippen LogP contribution >= 0.6 is 15.9 Å². The van der Waals surface area contributed by atoms with E-state index in [1.165, 1.54) is 0 Å². The van der Waals surface area contributed by atoms with Gasteiger partial charge < -0.3 is 15.4 Å². The Morgan fingerprint density at radius 1 is 1.24 bits per heavy atom. The minimum atomic E-state index is -0.517. The summed E-state index contributed by atoms with van der Waals surface area (Å²) in [7, 11) is 0. The van der Waals surface area contributed by atoms with Crippen molar-refractivity contribution in [1.29, 1.82) is 0 Å². The molecule has 0 aliphatic carbocycles. The highest BCUT2D eigenvalue weighted by atomic mass is 79.9. The molecule has 6 heteroatoms. The summed E-state index contributed by atoms with van der Waals surface area (Å²) in [5.41, 5.74) is 0.163. The van der Waals surface area contributed by atoms with Crippen molar-refractivity contribution in [2.75, 3.05) is 5.32 Å². The molecule has 0 heterocycles. The van der Waals surface area contributed by atoms with Gasteiger partial charge in [0.05, 0.1) is 6.42 Å². The lowest BCUT2D eigenvalue weighted by Crippen LogP contribution is -2.38. The van der Waals surface area contributed by atoms with Crippen LogP contribution in [0.5, 0.6) is 0 Å². The molecule has 0 aliphatic heterocycles. The van der Waals surface area contributed by atoms with Gasteiger partial charge in [-0.2, -0.15) is 0 Å². The van der Waals surface area contributed by atoms with Crippen molar-refractivity contribution >= 4 is 33.6 Å². The molecule has 0 spiro atoms. The summed E-state index contributed by atoms with van der Waals surface area (Å²) in [6, 6.07) is 6.56. The highest BCUT2D eigenvalue weighted by Gasteiger charge is 2.19. The Hall–Kier alpha value is -1.56. The van der Waals surface area contributed by atoms with Gasteiger partial charge in [0.15, 0.2) is 0 Å². The minimum absolute atomic E-state index is 0.130. The number of halogens is 1. The zero-order valence-corrected chi connectivity index (χ0v) is 14.3. The van der Waals surface area contributed by atoms with Crippen molar-refractivity contribution < 1.29 is 14.3 Å². The lowest BCUT2D eigenvalue weighted by Gasteiger charge is -2.21. The summed E-state index contributed by atoms with van der Waals surface area (Å²) in [6.07, 6.45) is 0.130. The number of carbonyl (C=O) groups excluding carboxylic acids is 2. The number of hydrogen-bond acceptors (Lipinski definition) is 3. The van der Waals surface area contributed by atoms with Crippen molar-refractivity contribution in [2.45, 2.75) is 45.8 Å². The standard InChI is InChI=1S/C15H21BrN2O3/c1-10(9-13(19)21-15(2,3)4)17-14(20)18-12-7-5-11(16)6-8-12/h5-8,10H,9H2,1-4H3,(H2,17,18,20). The number of carbonyl (C=O) groups is 2. The van der Waals surface area contributed by atoms with E-state index < -0.39 is 5.60 Å². The van der Waals surface area contributed by atoms with E-state index in [4.69, 9.17) is 4.74 Å². The number of ether oxygens (including phenoxy) is 1. The number of amides is 2. The zero-order valence-electron chi connectivity index (χ0n) is 12.7. The normalized spacial score (nSPS) is 12.4. The minimum Gasteiger partial charge on any atom is -0.460 e. The van der Waals surface area contributed by atoms with Crippen LogP contribution in [0, 0.1) is 0 Å². The lowest BCUT2D eigenvalue weighted by atomic mass is 10.2. The second-order valence-electron chi connectivity index (χ2n) is 5.80. The molecule has 0 radical (unpaired) electrons. The molecule has 2 amide bonds. The van der Waals surface area contributed by atoms with Gasteiger partial charge in [0, 0.05) is 16.2 Å². The number of hydrogen-bond donors (Lipinski definition) is 2. The van der Waals surface area contributed by atoms with E-state index in [-0.39, 0.29) is 24.5 Å². The predicted octanol–water partition coefficient (Wildman–Crippen LogP) is 3.69. The molecule has 1 unspecified atom stereocenters. The molecular formula is C15H21BrN2O3. The van der Waals surface area contributed by atoms with Crippen LogP contribution < -0.4 is 10.6 Å². The van der Waals surface area contributed by atoms with Gasteiger partial charge in [0.2, 0.25) is 0 Å². The molecule has 116 valence electrons. The van der Waals surface area contributed by atoms with Gasteiger partial charge in [-0.1, -0.05) is 15.9 Å². The molecular weight excluding hydrogens is 336 g/mol. The fourth-order valence-electron chi connectivity index (χ4n) is 1.61. The monoisotopic (exact) mass is 356 g/mol. The second kappa shape index (κ2) is 7.45. The Balaban J connectivity index is 2.40. The SMILES string of the molecule is CC(CC(=O)OC(C)(C)C)NC(=O)Nc1ccc(Br)cc1. The number of nitrogens with one attached hydrogen (secondary N) is 2. The van der Waals surface area contributed by atoms with Crippen molar-refractivity contribution in [2.24, 2.45) is 0 Å². The summed E-state index contributed by atoms with van der Waals surface area (Å²) in [4.78, 5) is 23.4. The molecule has 0 aliphatic rings. The Morgan fingerprint density at radius 3 is 2.33 bits per heavy atom. The Labute approximate surface area is 133 Å². The third kappa shape index (κ3) is 7.70. The number of rotatable bonds is 4. The first-order chi connectivity index (χ1) is 9.65. The third-order valence-electron chi connectivity index (χ3n) is 2.37. The largest absolute Gasteiger partial charge is 0.460 e. The van der Waals surface area contributed by atoms with E-state index in [1.807, 2.05) is 32.9 Å². The van der Waals surface area contributed by atoms with Crippen LogP contribution in [-0.4, -0.2) is 23.6 Å². The van der Waals surface area contributed by atoms with Crippen LogP contribution in [0.15, 0.2) is 28.7 Å². The van der Waals surface area contributed by atoms with E-state index in [2.05, 4.69) is 26.6 Å². The molecule has 0 saturated heterocycles. The van der Waals surface area contributed by atoms with Gasteiger partial charge in [0.25, 0.3) is 0 Å². The topological polar surface area (TPSA) is 67.4 Å². The van der Waals surface area contributed by atoms with Crippen LogP contribution in [0.3, 0.4) is 0 Å². The van der Waals surface area contributed by atoms with E-state index in [1.54, 1.807) is 19.1 Å². The first kappa shape index (κ1) is 17.5. The fraction of sp³-hybridized carbons (Fsp3) is 0.467. The highest BCUT2D eigenvalue weighted by molar-refractivity contribution is 9.10. The van der Waals surface area contributed by atoms with Crippen molar-refractivity contribution in [3.05, 3.63) is 28.7 Å². The lowest BCUT2D eigenvalue weighted by molar-refractivity contribution is -0.155. The first-order valence-electron chi connectivity index (χ1n) is 6.70. The number of urea groups is 1. The summed E-state index contributed by atoms with van der Waals surface area (Å²) in [5.74, 6) is -0.334. The molecule has 0 bridgehead atoms. The van der Waals surface area contributed by atoms with Gasteiger partial charge >= 0.3 is 12.0 Å². The molecule has 1 atom stereocenters. The number of benzene rings is 1. The van der Waals surface area contributed by atoms with E-state index in [0.29, 0.717) is 5.69 Å². The quantitative estimate of drug-likeness (QED) is 0.808. The number of esters is 1. The first-order valence-corrected chi connectivity index (χ1v) is 7.50. The van der Waals surface area contributed by atoms with Crippen LogP contribution in [0.4, 0.5) is 10.5 Å². The molecule has 21 heavy (non-hydrogen) atoms. The zero-order chi connectivity index (χ0) is 16.0. The summed E-state index contributed by atoms with van der Waals surface area (Å²) >= 11 is 3.32. The second-order valence-corrected chi connectivity index (χ2v) is 6.71. The maximum atomic E-state index is 11.8. The molecule has 1 aromatic rings. The van der Waals surface area contributed by atoms with Gasteiger partial charge in [-0.15, -0.1) is 0 Å². The smallest absolute Gasteiger partial charge is 0.319 e. The average Bonchev–Trinajstić information content (AvgIpc) is 2.28. The van der Waals surface area contributed by atoms with E-state index in [9.17, 15) is 9.59 Å². The van der Waals surface area contributed by atoms with Crippen LogP contribution in [0.1, 0.15) is 34.1 Å². The van der Waals surface area contributed by atoms with Gasteiger partial charge in [-0.05, 0) is 52.0 Å². The van der Waals surface area contributed by atoms with Crippen molar-refractivity contribution in [3.8, 4) is 0 Å². The predicted molar refractivity (Wildman–Crippen MR) is 86.2 cm³/mol. The maximum absolute atomic E-state index is 11.8. The Kier molecular flexibility index (Phi) is 6.20. The summed E-state index contributed by atoms with van der Waals surface area (Å²) < 4.78 is 6.14. The summed E-state index contributed by atoms with van der Waals surface area (Å²) in [6.45, 7) is 7.18. The molecule has 1 rings (SSSR count). The maximum Gasteiger partial charge on any atom is 0.319 e. The molecule has 0 fully saturated rings. The van der Waals surface area contributed by atoms with E-state index in [0.717, 1.165) is 4.47 Å². The van der Waals surface area contributed by atoms with Gasteiger partial charge in [0.1, 0.15) is 5.60 Å². The summed E-state index contributed by atoms with van der Waals surface area (Å²) in [5, 5.41) is 5.40. The molecule has 5 nitrogen and oxygen atoms in total. The Morgan fingerprint density at radius 2 is 1.81 bits per heavy atom. The van der Waals surface area contributed by atoms with Crippen LogP contribution in [0.2, 0.25) is 0 Å². The average molecular weight is 357 g/mol. The molecule has 1 aromatic carbocycles. The third-order valence-corrected chi connectivity index (χ3v) is 2.90. The molecule has 0 aromatic heterocycles. The van der Waals surface area contributed by atoms with Crippen molar-refractivity contribution in [1.82, 2.24) is 5.32 Å². The molecule has 2 N–H and O–H groups in total. The van der Waals surface area contributed by atoms with Crippen LogP contribution in [-0.2, 0) is 9.53 Å². The van der Waals surface area contributed by atoms with Crippen molar-refractivity contribution in [3.63, 3.8) is 0 Å². The van der Waals surface area contributed by atoms with Crippen LogP contribution in [0.25, 0.3) is 0 Å². The number of anilines is 1. The Bertz CT molecular complexity index is 495. The van der Waals surface area contributed by atoms with Gasteiger partial charge in [-0.3, -0.25) is 4.79 Å². The highest BCUT2D eigenvalue weighted by Crippen LogP contribution is 2.14. The van der Waals surface area contributed by atoms with Gasteiger partial charge in [-0.25, -0.2) is 4.79 Å². The molecule has 0 saturated carbocycles. The van der Waals surface area contributed by atoms with E-state index >= 15 is 0 Å².